The van der Waals surface area contributed by atoms with Crippen molar-refractivity contribution >= 4 is 11.7 Å². The lowest BCUT2D eigenvalue weighted by molar-refractivity contribution is 0.172. The van der Waals surface area contributed by atoms with E-state index in [2.05, 4.69) is 21.6 Å². The summed E-state index contributed by atoms with van der Waals surface area (Å²) in [7, 11) is 0. The van der Waals surface area contributed by atoms with Gasteiger partial charge >= 0.3 is 6.03 Å². The third-order valence-electron chi connectivity index (χ3n) is 4.36. The number of nitrogens with one attached hydrogen (secondary N) is 2. The largest absolute Gasteiger partial charge is 0.323 e. The van der Waals surface area contributed by atoms with Gasteiger partial charge in [-0.25, -0.2) is 4.79 Å². The summed E-state index contributed by atoms with van der Waals surface area (Å²) in [5, 5.41) is 15.1. The van der Waals surface area contributed by atoms with E-state index in [-0.39, 0.29) is 6.03 Å². The molecular formula is C16H21N5O. The van der Waals surface area contributed by atoms with Gasteiger partial charge in [-0.15, -0.1) is 0 Å². The van der Waals surface area contributed by atoms with Gasteiger partial charge < -0.3 is 15.5 Å². The lowest BCUT2D eigenvalue weighted by Gasteiger charge is -2.32. The molecule has 2 N–H and O–H groups in total. The second-order valence-corrected chi connectivity index (χ2v) is 5.80. The molecule has 6 heteroatoms. The molecule has 0 aromatic heterocycles. The summed E-state index contributed by atoms with van der Waals surface area (Å²) >= 11 is 0. The second kappa shape index (κ2) is 6.77. The topological polar surface area (TPSA) is 71.4 Å². The molecule has 1 aromatic rings. The summed E-state index contributed by atoms with van der Waals surface area (Å²) in [6.45, 7) is 5.75. The number of anilines is 1. The van der Waals surface area contributed by atoms with E-state index in [4.69, 9.17) is 5.26 Å². The molecule has 2 fully saturated rings. The van der Waals surface area contributed by atoms with Gasteiger partial charge in [0.1, 0.15) is 0 Å². The van der Waals surface area contributed by atoms with Gasteiger partial charge in [0.05, 0.1) is 11.6 Å². The van der Waals surface area contributed by atoms with Crippen molar-refractivity contribution < 1.29 is 4.79 Å². The minimum atomic E-state index is -0.0762. The molecule has 2 aliphatic rings. The third-order valence-corrected chi connectivity index (χ3v) is 4.36. The number of urea groups is 1. The van der Waals surface area contributed by atoms with Gasteiger partial charge in [0, 0.05) is 51.0 Å². The van der Waals surface area contributed by atoms with Gasteiger partial charge in [0.25, 0.3) is 0 Å². The highest BCUT2D eigenvalue weighted by molar-refractivity contribution is 5.89. The van der Waals surface area contributed by atoms with Crippen LogP contribution in [-0.4, -0.2) is 61.1 Å². The van der Waals surface area contributed by atoms with E-state index in [0.29, 0.717) is 17.3 Å². The molecule has 1 atom stereocenters. The molecule has 1 unspecified atom stereocenters. The SMILES string of the molecule is N#Cc1cccc(NC(=O)N2CCC(N3CCNCC3)C2)c1. The van der Waals surface area contributed by atoms with Crippen molar-refractivity contribution in [2.45, 2.75) is 12.5 Å². The van der Waals surface area contributed by atoms with Crippen molar-refractivity contribution in [1.82, 2.24) is 15.1 Å². The number of nitriles is 1. The van der Waals surface area contributed by atoms with Crippen LogP contribution in [0.25, 0.3) is 0 Å². The fourth-order valence-electron chi connectivity index (χ4n) is 3.14. The Hall–Kier alpha value is -2.10. The minimum Gasteiger partial charge on any atom is -0.323 e. The summed E-state index contributed by atoms with van der Waals surface area (Å²) in [6, 6.07) is 9.49. The third kappa shape index (κ3) is 3.38. The summed E-state index contributed by atoms with van der Waals surface area (Å²) in [5.41, 5.74) is 1.23. The maximum Gasteiger partial charge on any atom is 0.321 e. The van der Waals surface area contributed by atoms with E-state index in [9.17, 15) is 4.79 Å². The van der Waals surface area contributed by atoms with Crippen molar-refractivity contribution in [3.05, 3.63) is 29.8 Å². The summed E-state index contributed by atoms with van der Waals surface area (Å²) in [6.07, 6.45) is 1.03. The molecule has 1 aromatic carbocycles. The molecule has 0 aliphatic carbocycles. The molecule has 22 heavy (non-hydrogen) atoms. The van der Waals surface area contributed by atoms with Gasteiger partial charge in [-0.05, 0) is 24.6 Å². The van der Waals surface area contributed by atoms with Crippen LogP contribution in [0.5, 0.6) is 0 Å². The Morgan fingerprint density at radius 2 is 2.14 bits per heavy atom. The van der Waals surface area contributed by atoms with Crippen LogP contribution < -0.4 is 10.6 Å². The van der Waals surface area contributed by atoms with Crippen LogP contribution in [0.15, 0.2) is 24.3 Å². The zero-order chi connectivity index (χ0) is 15.4. The van der Waals surface area contributed by atoms with Crippen LogP contribution >= 0.6 is 0 Å². The van der Waals surface area contributed by atoms with E-state index in [1.165, 1.54) is 0 Å². The number of benzene rings is 1. The summed E-state index contributed by atoms with van der Waals surface area (Å²) < 4.78 is 0. The normalized spacial score (nSPS) is 22.3. The number of carbonyl (C=O) groups excluding carboxylic acids is 1. The number of rotatable bonds is 2. The molecule has 0 saturated carbocycles. The number of carbonyl (C=O) groups is 1. The zero-order valence-corrected chi connectivity index (χ0v) is 12.6. The van der Waals surface area contributed by atoms with Crippen molar-refractivity contribution in [3.63, 3.8) is 0 Å². The first-order valence-electron chi connectivity index (χ1n) is 7.77. The van der Waals surface area contributed by atoms with Gasteiger partial charge in [-0.1, -0.05) is 6.07 Å². The zero-order valence-electron chi connectivity index (χ0n) is 12.6. The van der Waals surface area contributed by atoms with E-state index >= 15 is 0 Å². The Labute approximate surface area is 130 Å². The van der Waals surface area contributed by atoms with Crippen molar-refractivity contribution in [2.24, 2.45) is 0 Å². The van der Waals surface area contributed by atoms with Crippen LogP contribution in [0, 0.1) is 11.3 Å². The van der Waals surface area contributed by atoms with Gasteiger partial charge in [-0.3, -0.25) is 4.90 Å². The van der Waals surface area contributed by atoms with Crippen LogP contribution in [0.1, 0.15) is 12.0 Å². The van der Waals surface area contributed by atoms with Gasteiger partial charge in [-0.2, -0.15) is 5.26 Å². The van der Waals surface area contributed by atoms with Crippen molar-refractivity contribution in [2.75, 3.05) is 44.6 Å². The molecular weight excluding hydrogens is 278 g/mol. The lowest BCUT2D eigenvalue weighted by Crippen LogP contribution is -2.49. The Morgan fingerprint density at radius 3 is 2.91 bits per heavy atom. The van der Waals surface area contributed by atoms with Gasteiger partial charge in [0.2, 0.25) is 0 Å². The van der Waals surface area contributed by atoms with Crippen LogP contribution in [0.2, 0.25) is 0 Å². The summed E-state index contributed by atoms with van der Waals surface area (Å²) in [5.74, 6) is 0. The fraction of sp³-hybridized carbons (Fsp3) is 0.500. The van der Waals surface area contributed by atoms with E-state index in [0.717, 1.165) is 45.7 Å². The summed E-state index contributed by atoms with van der Waals surface area (Å²) in [4.78, 5) is 16.7. The molecule has 2 aliphatic heterocycles. The molecule has 3 rings (SSSR count). The molecule has 0 bridgehead atoms. The van der Waals surface area contributed by atoms with Crippen LogP contribution in [0.4, 0.5) is 10.5 Å². The highest BCUT2D eigenvalue weighted by Crippen LogP contribution is 2.18. The lowest BCUT2D eigenvalue weighted by atomic mass is 10.2. The van der Waals surface area contributed by atoms with Crippen LogP contribution in [-0.2, 0) is 0 Å². The highest BCUT2D eigenvalue weighted by atomic mass is 16.2. The maximum atomic E-state index is 12.3. The Kier molecular flexibility index (Phi) is 4.56. The quantitative estimate of drug-likeness (QED) is 0.857. The smallest absolute Gasteiger partial charge is 0.321 e. The number of amides is 2. The number of piperazine rings is 1. The first-order valence-corrected chi connectivity index (χ1v) is 7.77. The average molecular weight is 299 g/mol. The molecule has 116 valence electrons. The van der Waals surface area contributed by atoms with Gasteiger partial charge in [0.15, 0.2) is 0 Å². The molecule has 2 heterocycles. The minimum absolute atomic E-state index is 0.0762. The predicted molar refractivity (Wildman–Crippen MR) is 84.6 cm³/mol. The maximum absolute atomic E-state index is 12.3. The fourth-order valence-corrected chi connectivity index (χ4v) is 3.14. The van der Waals surface area contributed by atoms with E-state index < -0.39 is 0 Å². The first kappa shape index (κ1) is 14.8. The Balaban J connectivity index is 1.56. The van der Waals surface area contributed by atoms with Crippen molar-refractivity contribution in [3.8, 4) is 6.07 Å². The van der Waals surface area contributed by atoms with E-state index in [1.807, 2.05) is 11.0 Å². The second-order valence-electron chi connectivity index (χ2n) is 5.80. The first-order chi connectivity index (χ1) is 10.8. The van der Waals surface area contributed by atoms with E-state index in [1.54, 1.807) is 18.2 Å². The molecule has 2 amide bonds. The highest BCUT2D eigenvalue weighted by Gasteiger charge is 2.30. The predicted octanol–water partition coefficient (Wildman–Crippen LogP) is 1.07. The number of nitrogens with zero attached hydrogens (tertiary/aromatic N) is 3. The number of likely N-dealkylation sites (tertiary alicyclic amines) is 1. The average Bonchev–Trinajstić information content (AvgIpc) is 3.06. The monoisotopic (exact) mass is 299 g/mol. The van der Waals surface area contributed by atoms with Crippen LogP contribution in [0.3, 0.4) is 0 Å². The van der Waals surface area contributed by atoms with Crippen molar-refractivity contribution in [1.29, 1.82) is 5.26 Å². The molecule has 2 saturated heterocycles. The number of hydrogen-bond donors (Lipinski definition) is 2. The standard InChI is InChI=1S/C16H21N5O/c17-11-13-2-1-3-14(10-13)19-16(22)21-7-4-15(12-21)20-8-5-18-6-9-20/h1-3,10,15,18H,4-9,12H2,(H,19,22). The Morgan fingerprint density at radius 1 is 1.32 bits per heavy atom. The Bertz CT molecular complexity index is 576. The molecule has 0 spiro atoms. The number of hydrogen-bond acceptors (Lipinski definition) is 4. The molecule has 6 nitrogen and oxygen atoms in total. The molecule has 0 radical (unpaired) electrons.